The van der Waals surface area contributed by atoms with E-state index in [2.05, 4.69) is 31.8 Å². The molecule has 0 fully saturated rings. The lowest BCUT2D eigenvalue weighted by molar-refractivity contribution is -0.132. The summed E-state index contributed by atoms with van der Waals surface area (Å²) in [5, 5.41) is 8.77. The second kappa shape index (κ2) is 7.78. The van der Waals surface area contributed by atoms with E-state index in [9.17, 15) is 4.79 Å². The van der Waals surface area contributed by atoms with Gasteiger partial charge in [-0.2, -0.15) is 0 Å². The Labute approximate surface area is 149 Å². The quantitative estimate of drug-likeness (QED) is 0.829. The summed E-state index contributed by atoms with van der Waals surface area (Å²) in [4.78, 5) is 16.4. The molecule has 0 unspecified atom stereocenters. The van der Waals surface area contributed by atoms with E-state index >= 15 is 0 Å². The summed E-state index contributed by atoms with van der Waals surface area (Å²) >= 11 is 0. The first-order valence-electron chi connectivity index (χ1n) is 8.97. The first kappa shape index (κ1) is 17.6. The third-order valence-electron chi connectivity index (χ3n) is 4.93. The fourth-order valence-electron chi connectivity index (χ4n) is 3.08. The van der Waals surface area contributed by atoms with Gasteiger partial charge >= 0.3 is 0 Å². The summed E-state index contributed by atoms with van der Waals surface area (Å²) in [6.07, 6.45) is 1.63. The fraction of sp³-hybridized carbons (Fsp3) is 0.526. The predicted octanol–water partition coefficient (Wildman–Crippen LogP) is 1.59. The van der Waals surface area contributed by atoms with Gasteiger partial charge in [-0.1, -0.05) is 30.3 Å². The number of rotatable bonds is 5. The van der Waals surface area contributed by atoms with Gasteiger partial charge in [-0.05, 0) is 19.4 Å². The van der Waals surface area contributed by atoms with Gasteiger partial charge < -0.3 is 9.47 Å². The summed E-state index contributed by atoms with van der Waals surface area (Å²) in [5.74, 6) is 2.21. The van der Waals surface area contributed by atoms with E-state index in [1.165, 1.54) is 5.56 Å². The Kier molecular flexibility index (Phi) is 5.48. The van der Waals surface area contributed by atoms with E-state index in [0.29, 0.717) is 6.54 Å². The van der Waals surface area contributed by atoms with Crippen LogP contribution in [0.2, 0.25) is 0 Å². The molecule has 0 atom stereocenters. The molecular weight excluding hydrogens is 314 g/mol. The second-order valence-electron chi connectivity index (χ2n) is 6.97. The van der Waals surface area contributed by atoms with Crippen molar-refractivity contribution in [2.24, 2.45) is 0 Å². The van der Waals surface area contributed by atoms with Crippen LogP contribution in [-0.4, -0.2) is 63.2 Å². The van der Waals surface area contributed by atoms with E-state index in [1.54, 1.807) is 0 Å². The number of likely N-dealkylation sites (N-methyl/N-ethyl adjacent to an activating group) is 1. The number of benzene rings is 1. The first-order chi connectivity index (χ1) is 12.0. The van der Waals surface area contributed by atoms with E-state index in [0.717, 1.165) is 44.1 Å². The van der Waals surface area contributed by atoms with Crippen LogP contribution in [0.25, 0.3) is 0 Å². The van der Waals surface area contributed by atoms with Crippen LogP contribution in [0.1, 0.15) is 31.1 Å². The van der Waals surface area contributed by atoms with Crippen LogP contribution in [-0.2, 0) is 24.2 Å². The van der Waals surface area contributed by atoms with Gasteiger partial charge in [-0.25, -0.2) is 0 Å². The van der Waals surface area contributed by atoms with Crippen molar-refractivity contribution < 1.29 is 4.79 Å². The van der Waals surface area contributed by atoms with Crippen LogP contribution in [0.3, 0.4) is 0 Å². The largest absolute Gasteiger partial charge is 0.342 e. The molecule has 134 valence electrons. The third kappa shape index (κ3) is 4.25. The van der Waals surface area contributed by atoms with Gasteiger partial charge in [-0.3, -0.25) is 9.69 Å². The molecule has 0 aliphatic carbocycles. The molecule has 2 aromatic rings. The Morgan fingerprint density at radius 2 is 1.92 bits per heavy atom. The average Bonchev–Trinajstić information content (AvgIpc) is 2.87. The van der Waals surface area contributed by atoms with Gasteiger partial charge in [0.25, 0.3) is 0 Å². The Morgan fingerprint density at radius 1 is 1.16 bits per heavy atom. The lowest BCUT2D eigenvalue weighted by Crippen LogP contribution is -2.42. The molecule has 0 saturated heterocycles. The van der Waals surface area contributed by atoms with Crippen molar-refractivity contribution in [2.45, 2.75) is 39.3 Å². The minimum atomic E-state index is 0.178. The normalized spacial score (nSPS) is 15.0. The molecule has 0 spiro atoms. The van der Waals surface area contributed by atoms with Crippen LogP contribution in [0.15, 0.2) is 30.3 Å². The Balaban J connectivity index is 1.64. The zero-order chi connectivity index (χ0) is 17.8. The molecular formula is C19H27N5O. The molecule has 0 saturated carbocycles. The molecule has 1 aliphatic heterocycles. The van der Waals surface area contributed by atoms with Gasteiger partial charge in [0.05, 0.1) is 6.54 Å². The van der Waals surface area contributed by atoms with Gasteiger partial charge in [0.1, 0.15) is 11.6 Å². The molecule has 25 heavy (non-hydrogen) atoms. The average molecular weight is 341 g/mol. The Bertz CT molecular complexity index is 710. The topological polar surface area (TPSA) is 54.3 Å². The predicted molar refractivity (Wildman–Crippen MR) is 97.3 cm³/mol. The number of amides is 1. The lowest BCUT2D eigenvalue weighted by Gasteiger charge is -2.26. The maximum Gasteiger partial charge on any atom is 0.236 e. The number of fused-ring (bicyclic) bond motifs is 1. The van der Waals surface area contributed by atoms with Gasteiger partial charge in [-0.15, -0.1) is 10.2 Å². The maximum absolute atomic E-state index is 12.3. The number of nitrogens with zero attached hydrogens (tertiary/aromatic N) is 5. The number of carbonyl (C=O) groups excluding carboxylic acids is 1. The van der Waals surface area contributed by atoms with Crippen molar-refractivity contribution in [2.75, 3.05) is 26.7 Å². The van der Waals surface area contributed by atoms with Crippen LogP contribution in [0, 0.1) is 0 Å². The van der Waals surface area contributed by atoms with Crippen LogP contribution in [0.4, 0.5) is 0 Å². The minimum Gasteiger partial charge on any atom is -0.342 e. The second-order valence-corrected chi connectivity index (χ2v) is 6.97. The molecule has 0 bridgehead atoms. The summed E-state index contributed by atoms with van der Waals surface area (Å²) in [6, 6.07) is 10.6. The lowest BCUT2D eigenvalue weighted by atomic mass is 10.1. The van der Waals surface area contributed by atoms with Gasteiger partial charge in [0.2, 0.25) is 5.91 Å². The van der Waals surface area contributed by atoms with Crippen molar-refractivity contribution in [1.29, 1.82) is 0 Å². The molecule has 0 radical (unpaired) electrons. The Hall–Kier alpha value is -2.21. The monoisotopic (exact) mass is 341 g/mol. The molecule has 0 N–H and O–H groups in total. The van der Waals surface area contributed by atoms with Gasteiger partial charge in [0.15, 0.2) is 0 Å². The highest BCUT2D eigenvalue weighted by Crippen LogP contribution is 2.13. The minimum absolute atomic E-state index is 0.178. The Morgan fingerprint density at radius 3 is 2.64 bits per heavy atom. The molecule has 3 rings (SSSR count). The highest BCUT2D eigenvalue weighted by atomic mass is 16.2. The molecule has 1 amide bonds. The smallest absolute Gasteiger partial charge is 0.236 e. The highest BCUT2D eigenvalue weighted by molar-refractivity contribution is 5.78. The standard InChI is InChI=1S/C19H27N5O/c1-15(2)22(3)19(25)14-23-10-9-17-20-21-18(24(17)12-11-23)13-16-7-5-4-6-8-16/h4-8,15H,9-14H2,1-3H3. The molecule has 6 nitrogen and oxygen atoms in total. The molecule has 1 aliphatic rings. The third-order valence-corrected chi connectivity index (χ3v) is 4.93. The molecule has 6 heteroatoms. The van der Waals surface area contributed by atoms with Crippen LogP contribution >= 0.6 is 0 Å². The number of aromatic nitrogens is 3. The zero-order valence-electron chi connectivity index (χ0n) is 15.4. The number of carbonyl (C=O) groups is 1. The fourth-order valence-corrected chi connectivity index (χ4v) is 3.08. The summed E-state index contributed by atoms with van der Waals surface area (Å²) in [7, 11) is 1.87. The summed E-state index contributed by atoms with van der Waals surface area (Å²) in [5.41, 5.74) is 1.24. The SMILES string of the molecule is CC(C)N(C)C(=O)CN1CCc2nnc(Cc3ccccc3)n2CC1. The first-order valence-corrected chi connectivity index (χ1v) is 8.97. The van der Waals surface area contributed by atoms with E-state index < -0.39 is 0 Å². The van der Waals surface area contributed by atoms with Crippen LogP contribution in [0.5, 0.6) is 0 Å². The number of hydrogen-bond acceptors (Lipinski definition) is 4. The van der Waals surface area contributed by atoms with E-state index in [4.69, 9.17) is 0 Å². The van der Waals surface area contributed by atoms with Crippen molar-refractivity contribution in [3.63, 3.8) is 0 Å². The zero-order valence-corrected chi connectivity index (χ0v) is 15.4. The van der Waals surface area contributed by atoms with E-state index in [-0.39, 0.29) is 11.9 Å². The molecule has 1 aromatic heterocycles. The summed E-state index contributed by atoms with van der Waals surface area (Å²) in [6.45, 7) is 7.09. The molecule has 1 aromatic carbocycles. The van der Waals surface area contributed by atoms with Gasteiger partial charge in [0, 0.05) is 45.6 Å². The van der Waals surface area contributed by atoms with Crippen LogP contribution < -0.4 is 0 Å². The van der Waals surface area contributed by atoms with Crippen molar-refractivity contribution in [1.82, 2.24) is 24.6 Å². The molecule has 2 heterocycles. The summed E-state index contributed by atoms with van der Waals surface area (Å²) < 4.78 is 2.23. The van der Waals surface area contributed by atoms with Crippen molar-refractivity contribution in [3.05, 3.63) is 47.5 Å². The highest BCUT2D eigenvalue weighted by Gasteiger charge is 2.22. The number of hydrogen-bond donors (Lipinski definition) is 0. The van der Waals surface area contributed by atoms with Crippen molar-refractivity contribution >= 4 is 5.91 Å². The van der Waals surface area contributed by atoms with E-state index in [1.807, 2.05) is 44.0 Å². The maximum atomic E-state index is 12.3. The van der Waals surface area contributed by atoms with Crippen molar-refractivity contribution in [3.8, 4) is 0 Å².